The normalized spacial score (nSPS) is 15.2. The summed E-state index contributed by atoms with van der Waals surface area (Å²) >= 11 is 0. The lowest BCUT2D eigenvalue weighted by molar-refractivity contribution is -0.158. The zero-order chi connectivity index (χ0) is 9.19. The van der Waals surface area contributed by atoms with Gasteiger partial charge in [-0.3, -0.25) is 4.98 Å². The van der Waals surface area contributed by atoms with Gasteiger partial charge in [-0.1, -0.05) is 6.07 Å². The van der Waals surface area contributed by atoms with Crippen molar-refractivity contribution in [2.24, 2.45) is 0 Å². The average Bonchev–Trinajstić information content (AvgIpc) is 2.06. The highest BCUT2D eigenvalue weighted by atomic mass is 16.4. The van der Waals surface area contributed by atoms with Crippen molar-refractivity contribution in [2.75, 3.05) is 0 Å². The van der Waals surface area contributed by atoms with E-state index in [0.29, 0.717) is 0 Å². The fraction of sp³-hybridized carbons (Fsp3) is 0.250. The number of aliphatic carboxylic acids is 1. The summed E-state index contributed by atoms with van der Waals surface area (Å²) < 4.78 is 0. The minimum atomic E-state index is -1.90. The molecular weight excluding hydrogens is 158 g/mol. The number of pyridine rings is 1. The van der Waals surface area contributed by atoms with Crippen molar-refractivity contribution in [3.05, 3.63) is 30.1 Å². The number of aromatic nitrogens is 1. The largest absolute Gasteiger partial charge is 0.479 e. The second-order valence-electron chi connectivity index (χ2n) is 2.59. The second kappa shape index (κ2) is 2.91. The van der Waals surface area contributed by atoms with Crippen LogP contribution in [0.4, 0.5) is 0 Å². The van der Waals surface area contributed by atoms with Crippen LogP contribution in [0.3, 0.4) is 0 Å². The second-order valence-corrected chi connectivity index (χ2v) is 2.59. The molecule has 0 saturated heterocycles. The van der Waals surface area contributed by atoms with Gasteiger partial charge in [-0.2, -0.15) is 0 Å². The highest BCUT2D eigenvalue weighted by Crippen LogP contribution is 2.17. The molecule has 1 heterocycles. The lowest BCUT2D eigenvalue weighted by Gasteiger charge is -2.16. The third-order valence-corrected chi connectivity index (χ3v) is 1.58. The molecule has 4 nitrogen and oxygen atoms in total. The van der Waals surface area contributed by atoms with E-state index in [-0.39, 0.29) is 5.69 Å². The summed E-state index contributed by atoms with van der Waals surface area (Å²) in [7, 11) is 0. The first kappa shape index (κ1) is 8.67. The predicted molar refractivity (Wildman–Crippen MR) is 41.4 cm³/mol. The van der Waals surface area contributed by atoms with Crippen LogP contribution in [0, 0.1) is 0 Å². The highest BCUT2D eigenvalue weighted by molar-refractivity contribution is 5.77. The Kier molecular flexibility index (Phi) is 2.10. The molecule has 1 aromatic heterocycles. The maximum absolute atomic E-state index is 10.5. The molecule has 64 valence electrons. The van der Waals surface area contributed by atoms with Crippen molar-refractivity contribution in [3.8, 4) is 0 Å². The molecule has 1 rings (SSSR count). The minimum Gasteiger partial charge on any atom is -0.479 e. The van der Waals surface area contributed by atoms with E-state index in [2.05, 4.69) is 4.98 Å². The van der Waals surface area contributed by atoms with E-state index < -0.39 is 11.6 Å². The number of carbonyl (C=O) groups is 1. The summed E-state index contributed by atoms with van der Waals surface area (Å²) in [4.78, 5) is 14.3. The van der Waals surface area contributed by atoms with Gasteiger partial charge >= 0.3 is 5.97 Å². The van der Waals surface area contributed by atoms with E-state index >= 15 is 0 Å². The number of nitrogens with zero attached hydrogens (tertiary/aromatic N) is 1. The molecule has 0 spiro atoms. The van der Waals surface area contributed by atoms with Crippen molar-refractivity contribution < 1.29 is 15.0 Å². The number of rotatable bonds is 2. The molecule has 0 aromatic carbocycles. The molecule has 0 radical (unpaired) electrons. The Morgan fingerprint density at radius 2 is 2.25 bits per heavy atom. The lowest BCUT2D eigenvalue weighted by Crippen LogP contribution is -2.32. The van der Waals surface area contributed by atoms with Crippen LogP contribution < -0.4 is 0 Å². The maximum Gasteiger partial charge on any atom is 0.341 e. The van der Waals surface area contributed by atoms with Gasteiger partial charge in [0.1, 0.15) is 0 Å². The Labute approximate surface area is 69.5 Å². The molecule has 12 heavy (non-hydrogen) atoms. The highest BCUT2D eigenvalue weighted by Gasteiger charge is 2.33. The van der Waals surface area contributed by atoms with Gasteiger partial charge in [-0.25, -0.2) is 4.79 Å². The van der Waals surface area contributed by atoms with Crippen LogP contribution >= 0.6 is 0 Å². The molecule has 0 fully saturated rings. The van der Waals surface area contributed by atoms with Crippen LogP contribution in [0.25, 0.3) is 0 Å². The van der Waals surface area contributed by atoms with Crippen molar-refractivity contribution in [1.82, 2.24) is 4.98 Å². The van der Waals surface area contributed by atoms with Crippen LogP contribution in [0.5, 0.6) is 0 Å². The van der Waals surface area contributed by atoms with Gasteiger partial charge < -0.3 is 10.2 Å². The van der Waals surface area contributed by atoms with Gasteiger partial charge in [-0.05, 0) is 19.1 Å². The van der Waals surface area contributed by atoms with Crippen LogP contribution in [-0.2, 0) is 10.4 Å². The van der Waals surface area contributed by atoms with Gasteiger partial charge in [0, 0.05) is 6.20 Å². The molecular formula is C8H9NO3. The Balaban J connectivity index is 3.06. The fourth-order valence-corrected chi connectivity index (χ4v) is 0.760. The van der Waals surface area contributed by atoms with Crippen LogP contribution in [0.15, 0.2) is 24.4 Å². The number of carboxylic acids is 1. The van der Waals surface area contributed by atoms with Gasteiger partial charge in [0.05, 0.1) is 5.69 Å². The van der Waals surface area contributed by atoms with Crippen molar-refractivity contribution in [3.63, 3.8) is 0 Å². The standard InChI is InChI=1S/C8H9NO3/c1-8(12,7(10)11)6-4-2-3-5-9-6/h2-5,12H,1H3,(H,10,11). The Morgan fingerprint density at radius 3 is 2.67 bits per heavy atom. The van der Waals surface area contributed by atoms with E-state index in [9.17, 15) is 9.90 Å². The molecule has 0 aliphatic rings. The Bertz CT molecular complexity index is 282. The summed E-state index contributed by atoms with van der Waals surface area (Å²) in [6.07, 6.45) is 1.44. The predicted octanol–water partition coefficient (Wildman–Crippen LogP) is 0.374. The first-order valence-electron chi connectivity index (χ1n) is 3.42. The first-order chi connectivity index (χ1) is 5.55. The molecule has 2 N–H and O–H groups in total. The summed E-state index contributed by atoms with van der Waals surface area (Å²) in [6, 6.07) is 4.75. The van der Waals surface area contributed by atoms with Crippen LogP contribution in [-0.4, -0.2) is 21.2 Å². The lowest BCUT2D eigenvalue weighted by atomic mass is 10.0. The van der Waals surface area contributed by atoms with Gasteiger partial charge in [0.15, 0.2) is 0 Å². The van der Waals surface area contributed by atoms with E-state index in [0.717, 1.165) is 0 Å². The van der Waals surface area contributed by atoms with Crippen LogP contribution in [0.2, 0.25) is 0 Å². The number of carboxylic acid groups (broad SMARTS) is 1. The maximum atomic E-state index is 10.5. The first-order valence-corrected chi connectivity index (χ1v) is 3.42. The van der Waals surface area contributed by atoms with Crippen LogP contribution in [0.1, 0.15) is 12.6 Å². The van der Waals surface area contributed by atoms with Gasteiger partial charge in [0.2, 0.25) is 5.60 Å². The molecule has 1 atom stereocenters. The third-order valence-electron chi connectivity index (χ3n) is 1.58. The molecule has 4 heteroatoms. The number of hydrogen-bond acceptors (Lipinski definition) is 3. The summed E-state index contributed by atoms with van der Waals surface area (Å²) in [5.41, 5.74) is -1.76. The molecule has 0 bridgehead atoms. The zero-order valence-corrected chi connectivity index (χ0v) is 6.56. The van der Waals surface area contributed by atoms with E-state index in [4.69, 9.17) is 5.11 Å². The SMILES string of the molecule is CC(O)(C(=O)O)c1ccccn1. The average molecular weight is 167 g/mol. The molecule has 0 amide bonds. The molecule has 0 saturated carbocycles. The summed E-state index contributed by atoms with van der Waals surface area (Å²) in [6.45, 7) is 1.19. The van der Waals surface area contributed by atoms with Crippen molar-refractivity contribution >= 4 is 5.97 Å². The number of aliphatic hydroxyl groups is 1. The topological polar surface area (TPSA) is 70.4 Å². The Hall–Kier alpha value is -1.42. The summed E-state index contributed by atoms with van der Waals surface area (Å²) in [5.74, 6) is -1.30. The molecule has 1 aromatic rings. The zero-order valence-electron chi connectivity index (χ0n) is 6.56. The van der Waals surface area contributed by atoms with E-state index in [1.165, 1.54) is 19.2 Å². The smallest absolute Gasteiger partial charge is 0.341 e. The van der Waals surface area contributed by atoms with E-state index in [1.807, 2.05) is 0 Å². The summed E-state index contributed by atoms with van der Waals surface area (Å²) in [5, 5.41) is 18.0. The van der Waals surface area contributed by atoms with Crippen molar-refractivity contribution in [2.45, 2.75) is 12.5 Å². The number of hydrogen-bond donors (Lipinski definition) is 2. The van der Waals surface area contributed by atoms with Crippen molar-refractivity contribution in [1.29, 1.82) is 0 Å². The fourth-order valence-electron chi connectivity index (χ4n) is 0.760. The third kappa shape index (κ3) is 1.43. The minimum absolute atomic E-state index is 0.137. The van der Waals surface area contributed by atoms with E-state index in [1.54, 1.807) is 12.1 Å². The Morgan fingerprint density at radius 1 is 1.58 bits per heavy atom. The molecule has 0 aliphatic heterocycles. The van der Waals surface area contributed by atoms with Gasteiger partial charge in [-0.15, -0.1) is 0 Å². The molecule has 0 aliphatic carbocycles. The monoisotopic (exact) mass is 167 g/mol. The molecule has 1 unspecified atom stereocenters. The quantitative estimate of drug-likeness (QED) is 0.667. The van der Waals surface area contributed by atoms with Gasteiger partial charge in [0.25, 0.3) is 0 Å².